The Morgan fingerprint density at radius 2 is 2.09 bits per heavy atom. The second-order valence-electron chi connectivity index (χ2n) is 5.02. The maximum Gasteiger partial charge on any atom is 0.319 e. The van der Waals surface area contributed by atoms with Crippen LogP contribution in [0, 0.1) is 13.8 Å². The number of hydrogen-bond acceptors (Lipinski definition) is 5. The van der Waals surface area contributed by atoms with Crippen molar-refractivity contribution in [1.82, 2.24) is 29.8 Å². The number of tetrazole rings is 1. The zero-order valence-corrected chi connectivity index (χ0v) is 12.6. The van der Waals surface area contributed by atoms with E-state index < -0.39 is 6.55 Å². The molecule has 120 valence electrons. The van der Waals surface area contributed by atoms with Crippen molar-refractivity contribution in [2.75, 3.05) is 5.32 Å². The van der Waals surface area contributed by atoms with Gasteiger partial charge in [-0.1, -0.05) is 6.07 Å². The molecule has 2 heterocycles. The lowest BCUT2D eigenvalue weighted by Crippen LogP contribution is -2.10. The molecule has 0 spiro atoms. The van der Waals surface area contributed by atoms with Gasteiger partial charge < -0.3 is 5.32 Å². The van der Waals surface area contributed by atoms with Crippen molar-refractivity contribution in [3.8, 4) is 5.69 Å². The van der Waals surface area contributed by atoms with Gasteiger partial charge in [0.15, 0.2) is 5.82 Å². The van der Waals surface area contributed by atoms with Crippen LogP contribution in [0.4, 0.5) is 14.5 Å². The number of rotatable bonds is 5. The number of hydrogen-bond donors (Lipinski definition) is 1. The van der Waals surface area contributed by atoms with E-state index in [-0.39, 0.29) is 12.4 Å². The topological polar surface area (TPSA) is 73.5 Å². The standard InChI is InChI=1S/C14H15F2N7/c1-9-3-4-11(7-12(9)23-10(2)19-20-21-23)18-8-13-17-5-6-22(13)14(15)16/h3-7,14,18H,8H2,1-2H3. The summed E-state index contributed by atoms with van der Waals surface area (Å²) < 4.78 is 28.1. The quantitative estimate of drug-likeness (QED) is 0.782. The van der Waals surface area contributed by atoms with E-state index in [1.165, 1.54) is 12.4 Å². The molecule has 0 atom stereocenters. The average Bonchev–Trinajstić information content (AvgIpc) is 3.15. The molecule has 0 bridgehead atoms. The Morgan fingerprint density at radius 3 is 2.78 bits per heavy atom. The number of imidazole rings is 1. The van der Waals surface area contributed by atoms with Crippen molar-refractivity contribution in [1.29, 1.82) is 0 Å². The molecule has 3 rings (SSSR count). The maximum atomic E-state index is 12.8. The zero-order chi connectivity index (χ0) is 16.4. The first-order valence-corrected chi connectivity index (χ1v) is 6.96. The molecule has 0 saturated carbocycles. The number of aromatic nitrogens is 6. The number of anilines is 1. The average molecular weight is 319 g/mol. The first-order valence-electron chi connectivity index (χ1n) is 6.96. The number of benzene rings is 1. The summed E-state index contributed by atoms with van der Waals surface area (Å²) in [4.78, 5) is 3.94. The molecule has 0 radical (unpaired) electrons. The van der Waals surface area contributed by atoms with Crippen molar-refractivity contribution in [2.45, 2.75) is 26.9 Å². The van der Waals surface area contributed by atoms with E-state index >= 15 is 0 Å². The molecule has 9 heteroatoms. The molecule has 0 aliphatic rings. The van der Waals surface area contributed by atoms with E-state index in [1.54, 1.807) is 11.6 Å². The van der Waals surface area contributed by atoms with Gasteiger partial charge in [0.25, 0.3) is 0 Å². The van der Waals surface area contributed by atoms with Gasteiger partial charge in [0.1, 0.15) is 5.82 Å². The van der Waals surface area contributed by atoms with Gasteiger partial charge >= 0.3 is 6.55 Å². The molecule has 0 fully saturated rings. The minimum absolute atomic E-state index is 0.189. The van der Waals surface area contributed by atoms with E-state index in [0.29, 0.717) is 5.82 Å². The monoisotopic (exact) mass is 319 g/mol. The molecule has 1 aromatic carbocycles. The lowest BCUT2D eigenvalue weighted by atomic mass is 10.2. The number of aryl methyl sites for hydroxylation is 2. The molecular formula is C14H15F2N7. The first kappa shape index (κ1) is 15.1. The fourth-order valence-electron chi connectivity index (χ4n) is 2.24. The zero-order valence-electron chi connectivity index (χ0n) is 12.6. The van der Waals surface area contributed by atoms with Crippen LogP contribution in [-0.4, -0.2) is 29.8 Å². The Balaban J connectivity index is 1.82. The van der Waals surface area contributed by atoms with Crippen LogP contribution in [0.2, 0.25) is 0 Å². The largest absolute Gasteiger partial charge is 0.378 e. The van der Waals surface area contributed by atoms with E-state index in [1.807, 2.05) is 25.1 Å². The van der Waals surface area contributed by atoms with Crippen LogP contribution < -0.4 is 5.32 Å². The second kappa shape index (κ2) is 6.11. The van der Waals surface area contributed by atoms with E-state index in [9.17, 15) is 8.78 Å². The third kappa shape index (κ3) is 3.03. The summed E-state index contributed by atoms with van der Waals surface area (Å²) >= 11 is 0. The van der Waals surface area contributed by atoms with Gasteiger partial charge in [-0.25, -0.2) is 4.98 Å². The third-order valence-corrected chi connectivity index (χ3v) is 3.47. The van der Waals surface area contributed by atoms with Crippen LogP contribution in [0.3, 0.4) is 0 Å². The Labute approximate surface area is 131 Å². The van der Waals surface area contributed by atoms with E-state index in [0.717, 1.165) is 21.5 Å². The number of nitrogens with one attached hydrogen (secondary N) is 1. The van der Waals surface area contributed by atoms with Crippen LogP contribution in [0.1, 0.15) is 23.8 Å². The van der Waals surface area contributed by atoms with Crippen LogP contribution in [0.25, 0.3) is 5.69 Å². The molecule has 0 saturated heterocycles. The molecule has 23 heavy (non-hydrogen) atoms. The SMILES string of the molecule is Cc1ccc(NCc2nccn2C(F)F)cc1-n1nnnc1C. The van der Waals surface area contributed by atoms with Crippen molar-refractivity contribution in [2.24, 2.45) is 0 Å². The summed E-state index contributed by atoms with van der Waals surface area (Å²) in [5.74, 6) is 0.930. The first-order chi connectivity index (χ1) is 11.1. The van der Waals surface area contributed by atoms with Crippen molar-refractivity contribution in [3.63, 3.8) is 0 Å². The van der Waals surface area contributed by atoms with Gasteiger partial charge in [0.05, 0.1) is 12.2 Å². The highest BCUT2D eigenvalue weighted by atomic mass is 19.3. The highest BCUT2D eigenvalue weighted by Crippen LogP contribution is 2.20. The van der Waals surface area contributed by atoms with Gasteiger partial charge in [-0.15, -0.1) is 5.10 Å². The fourth-order valence-corrected chi connectivity index (χ4v) is 2.24. The third-order valence-electron chi connectivity index (χ3n) is 3.47. The second-order valence-corrected chi connectivity index (χ2v) is 5.02. The Hall–Kier alpha value is -2.84. The predicted molar refractivity (Wildman–Crippen MR) is 79.4 cm³/mol. The molecule has 0 aliphatic heterocycles. The summed E-state index contributed by atoms with van der Waals surface area (Å²) in [6.45, 7) is 1.34. The van der Waals surface area contributed by atoms with Crippen molar-refractivity contribution < 1.29 is 8.78 Å². The number of alkyl halides is 2. The smallest absolute Gasteiger partial charge is 0.319 e. The van der Waals surface area contributed by atoms with Crippen LogP contribution >= 0.6 is 0 Å². The van der Waals surface area contributed by atoms with Crippen molar-refractivity contribution >= 4 is 5.69 Å². The number of nitrogens with zero attached hydrogens (tertiary/aromatic N) is 6. The predicted octanol–water partition coefficient (Wildman–Crippen LogP) is 2.48. The lowest BCUT2D eigenvalue weighted by Gasteiger charge is -2.12. The van der Waals surface area contributed by atoms with Gasteiger partial charge in [0.2, 0.25) is 0 Å². The van der Waals surface area contributed by atoms with Crippen LogP contribution in [0.5, 0.6) is 0 Å². The van der Waals surface area contributed by atoms with Gasteiger partial charge in [-0.2, -0.15) is 13.5 Å². The molecule has 2 aromatic heterocycles. The summed E-state index contributed by atoms with van der Waals surface area (Å²) in [5.41, 5.74) is 2.60. The Morgan fingerprint density at radius 1 is 1.26 bits per heavy atom. The minimum Gasteiger partial charge on any atom is -0.378 e. The molecule has 7 nitrogen and oxygen atoms in total. The van der Waals surface area contributed by atoms with Gasteiger partial charge in [0, 0.05) is 18.1 Å². The highest BCUT2D eigenvalue weighted by Gasteiger charge is 2.12. The summed E-state index contributed by atoms with van der Waals surface area (Å²) in [6.07, 6.45) is 2.61. The highest BCUT2D eigenvalue weighted by molar-refractivity contribution is 5.54. The summed E-state index contributed by atoms with van der Waals surface area (Å²) in [7, 11) is 0. The molecular weight excluding hydrogens is 304 g/mol. The van der Waals surface area contributed by atoms with Gasteiger partial charge in [-0.05, 0) is 42.0 Å². The van der Waals surface area contributed by atoms with Crippen LogP contribution in [0.15, 0.2) is 30.6 Å². The van der Waals surface area contributed by atoms with E-state index in [2.05, 4.69) is 25.8 Å². The molecule has 3 aromatic rings. The lowest BCUT2D eigenvalue weighted by molar-refractivity contribution is 0.0673. The summed E-state index contributed by atoms with van der Waals surface area (Å²) in [6, 6.07) is 5.65. The molecule has 0 amide bonds. The molecule has 0 unspecified atom stereocenters. The van der Waals surface area contributed by atoms with E-state index in [4.69, 9.17) is 0 Å². The Bertz CT molecular complexity index is 809. The number of halogens is 2. The maximum absolute atomic E-state index is 12.8. The fraction of sp³-hybridized carbons (Fsp3) is 0.286. The summed E-state index contributed by atoms with van der Waals surface area (Å²) in [5, 5.41) is 14.5. The normalized spacial score (nSPS) is 11.2. The molecule has 1 N–H and O–H groups in total. The molecule has 0 aliphatic carbocycles. The minimum atomic E-state index is -2.60. The van der Waals surface area contributed by atoms with Crippen molar-refractivity contribution in [3.05, 3.63) is 47.8 Å². The Kier molecular flexibility index (Phi) is 4.00. The van der Waals surface area contributed by atoms with Crippen LogP contribution in [-0.2, 0) is 6.54 Å². The van der Waals surface area contributed by atoms with Gasteiger partial charge in [-0.3, -0.25) is 4.57 Å².